The minimum absolute atomic E-state index is 0.312. The Balaban J connectivity index is 2.26. The number of halogens is 2. The third kappa shape index (κ3) is 2.54. The maximum absolute atomic E-state index is 13.7. The van der Waals surface area contributed by atoms with Gasteiger partial charge in [-0.15, -0.1) is 0 Å². The molecule has 0 radical (unpaired) electrons. The molecule has 0 fully saturated rings. The largest absolute Gasteiger partial charge is 0.324 e. The molecule has 0 aliphatic rings. The molecule has 3 nitrogen and oxygen atoms in total. The first kappa shape index (κ1) is 13.1. The van der Waals surface area contributed by atoms with E-state index in [0.717, 1.165) is 11.3 Å². The number of rotatable bonds is 3. The number of nitrogens with two attached hydrogens (primary N) is 1. The van der Waals surface area contributed by atoms with Crippen molar-refractivity contribution in [2.75, 3.05) is 0 Å². The standard InChI is InChI=1S/C13H15ClFN3/c1-8-10(7-18(2)17-8)13(16)6-9-11(14)4-3-5-12(9)15/h3-5,7,13H,6,16H2,1-2H3. The lowest BCUT2D eigenvalue weighted by atomic mass is 10.00. The van der Waals surface area contributed by atoms with E-state index in [1.54, 1.807) is 16.8 Å². The molecule has 0 aliphatic carbocycles. The average Bonchev–Trinajstić information content (AvgIpc) is 2.63. The van der Waals surface area contributed by atoms with Gasteiger partial charge in [-0.3, -0.25) is 4.68 Å². The van der Waals surface area contributed by atoms with E-state index in [4.69, 9.17) is 17.3 Å². The van der Waals surface area contributed by atoms with E-state index < -0.39 is 0 Å². The first-order valence-corrected chi connectivity index (χ1v) is 6.05. The van der Waals surface area contributed by atoms with Crippen LogP contribution in [0.1, 0.15) is 22.9 Å². The van der Waals surface area contributed by atoms with Crippen molar-refractivity contribution < 1.29 is 4.39 Å². The molecule has 1 atom stereocenters. The highest BCUT2D eigenvalue weighted by molar-refractivity contribution is 6.31. The second-order valence-corrected chi connectivity index (χ2v) is 4.76. The molecule has 0 bridgehead atoms. The number of benzene rings is 1. The van der Waals surface area contributed by atoms with Crippen LogP contribution in [0, 0.1) is 12.7 Å². The molecule has 1 heterocycles. The van der Waals surface area contributed by atoms with Crippen LogP contribution >= 0.6 is 11.6 Å². The van der Waals surface area contributed by atoms with Crippen molar-refractivity contribution in [2.45, 2.75) is 19.4 Å². The van der Waals surface area contributed by atoms with Crippen molar-refractivity contribution in [1.82, 2.24) is 9.78 Å². The van der Waals surface area contributed by atoms with E-state index in [9.17, 15) is 4.39 Å². The van der Waals surface area contributed by atoms with Crippen LogP contribution in [0.5, 0.6) is 0 Å². The van der Waals surface area contributed by atoms with Gasteiger partial charge in [-0.2, -0.15) is 5.10 Å². The van der Waals surface area contributed by atoms with Gasteiger partial charge in [0.2, 0.25) is 0 Å². The topological polar surface area (TPSA) is 43.8 Å². The zero-order valence-corrected chi connectivity index (χ0v) is 11.1. The predicted octanol–water partition coefficient (Wildman–Crippen LogP) is 2.76. The molecule has 2 aromatic rings. The number of hydrogen-bond donors (Lipinski definition) is 1. The summed E-state index contributed by atoms with van der Waals surface area (Å²) >= 11 is 5.99. The van der Waals surface area contributed by atoms with Gasteiger partial charge in [-0.25, -0.2) is 4.39 Å². The van der Waals surface area contributed by atoms with Gasteiger partial charge < -0.3 is 5.73 Å². The molecular formula is C13H15ClFN3. The molecule has 1 aromatic heterocycles. The summed E-state index contributed by atoms with van der Waals surface area (Å²) in [5.74, 6) is -0.320. The summed E-state index contributed by atoms with van der Waals surface area (Å²) in [6.45, 7) is 1.89. The Kier molecular flexibility index (Phi) is 3.68. The van der Waals surface area contributed by atoms with E-state index in [1.807, 2.05) is 20.2 Å². The summed E-state index contributed by atoms with van der Waals surface area (Å²) in [4.78, 5) is 0. The third-order valence-electron chi connectivity index (χ3n) is 2.94. The summed E-state index contributed by atoms with van der Waals surface area (Å²) in [5, 5.41) is 4.64. The van der Waals surface area contributed by atoms with E-state index >= 15 is 0 Å². The Morgan fingerprint density at radius 2 is 2.22 bits per heavy atom. The molecule has 0 saturated heterocycles. The van der Waals surface area contributed by atoms with Gasteiger partial charge in [0, 0.05) is 35.4 Å². The van der Waals surface area contributed by atoms with Gasteiger partial charge in [0.15, 0.2) is 0 Å². The van der Waals surface area contributed by atoms with Gasteiger partial charge in [-0.05, 0) is 25.5 Å². The molecule has 0 saturated carbocycles. The predicted molar refractivity (Wildman–Crippen MR) is 70.0 cm³/mol. The summed E-state index contributed by atoms with van der Waals surface area (Å²) < 4.78 is 15.4. The molecule has 5 heteroatoms. The number of nitrogens with zero attached hydrogens (tertiary/aromatic N) is 2. The van der Waals surface area contributed by atoms with E-state index in [0.29, 0.717) is 17.0 Å². The molecule has 96 valence electrons. The quantitative estimate of drug-likeness (QED) is 0.929. The van der Waals surface area contributed by atoms with Crippen molar-refractivity contribution in [3.05, 3.63) is 52.1 Å². The van der Waals surface area contributed by atoms with Crippen LogP contribution in [0.2, 0.25) is 5.02 Å². The summed E-state index contributed by atoms with van der Waals surface area (Å²) in [6, 6.07) is 4.34. The van der Waals surface area contributed by atoms with Crippen molar-refractivity contribution in [1.29, 1.82) is 0 Å². The minimum Gasteiger partial charge on any atom is -0.324 e. The SMILES string of the molecule is Cc1nn(C)cc1C(N)Cc1c(F)cccc1Cl. The van der Waals surface area contributed by atoms with Crippen LogP contribution in [0.15, 0.2) is 24.4 Å². The summed E-state index contributed by atoms with van der Waals surface area (Å²) in [7, 11) is 1.83. The normalized spacial score (nSPS) is 12.7. The highest BCUT2D eigenvalue weighted by atomic mass is 35.5. The van der Waals surface area contributed by atoms with E-state index in [1.165, 1.54) is 6.07 Å². The Labute approximate surface area is 110 Å². The Morgan fingerprint density at radius 1 is 1.50 bits per heavy atom. The van der Waals surface area contributed by atoms with Gasteiger partial charge in [-0.1, -0.05) is 17.7 Å². The van der Waals surface area contributed by atoms with Crippen LogP contribution in [-0.2, 0) is 13.5 Å². The molecule has 1 unspecified atom stereocenters. The van der Waals surface area contributed by atoms with Crippen LogP contribution in [0.3, 0.4) is 0 Å². The zero-order chi connectivity index (χ0) is 13.3. The number of aryl methyl sites for hydroxylation is 2. The first-order valence-electron chi connectivity index (χ1n) is 5.67. The highest BCUT2D eigenvalue weighted by Gasteiger charge is 2.16. The summed E-state index contributed by atoms with van der Waals surface area (Å²) in [6.07, 6.45) is 2.22. The smallest absolute Gasteiger partial charge is 0.127 e. The van der Waals surface area contributed by atoms with E-state index in [2.05, 4.69) is 5.10 Å². The fourth-order valence-electron chi connectivity index (χ4n) is 2.04. The number of aromatic nitrogens is 2. The van der Waals surface area contributed by atoms with Crippen LogP contribution in [-0.4, -0.2) is 9.78 Å². The minimum atomic E-state index is -0.320. The van der Waals surface area contributed by atoms with Crippen molar-refractivity contribution >= 4 is 11.6 Å². The first-order chi connectivity index (χ1) is 8.49. The molecule has 18 heavy (non-hydrogen) atoms. The Morgan fingerprint density at radius 3 is 2.78 bits per heavy atom. The summed E-state index contributed by atoms with van der Waals surface area (Å²) in [5.41, 5.74) is 8.33. The Hall–Kier alpha value is -1.39. The second-order valence-electron chi connectivity index (χ2n) is 4.35. The molecule has 1 aromatic carbocycles. The lowest BCUT2D eigenvalue weighted by Crippen LogP contribution is -2.15. The van der Waals surface area contributed by atoms with Crippen molar-refractivity contribution in [3.63, 3.8) is 0 Å². The lowest BCUT2D eigenvalue weighted by Gasteiger charge is -2.12. The molecular weight excluding hydrogens is 253 g/mol. The fourth-order valence-corrected chi connectivity index (χ4v) is 2.28. The maximum atomic E-state index is 13.7. The van der Waals surface area contributed by atoms with E-state index in [-0.39, 0.29) is 11.9 Å². The van der Waals surface area contributed by atoms with Gasteiger partial charge in [0.25, 0.3) is 0 Å². The molecule has 0 aliphatic heterocycles. The Bertz CT molecular complexity index is 545. The van der Waals surface area contributed by atoms with Crippen molar-refractivity contribution in [2.24, 2.45) is 12.8 Å². The third-order valence-corrected chi connectivity index (χ3v) is 3.29. The van der Waals surface area contributed by atoms with Gasteiger partial charge >= 0.3 is 0 Å². The molecule has 2 N–H and O–H groups in total. The van der Waals surface area contributed by atoms with Crippen molar-refractivity contribution in [3.8, 4) is 0 Å². The average molecular weight is 268 g/mol. The van der Waals surface area contributed by atoms with Gasteiger partial charge in [0.1, 0.15) is 5.82 Å². The monoisotopic (exact) mass is 267 g/mol. The molecule has 2 rings (SSSR count). The molecule has 0 spiro atoms. The second kappa shape index (κ2) is 5.08. The number of hydrogen-bond acceptors (Lipinski definition) is 2. The maximum Gasteiger partial charge on any atom is 0.127 e. The lowest BCUT2D eigenvalue weighted by molar-refractivity contribution is 0.593. The zero-order valence-electron chi connectivity index (χ0n) is 10.3. The highest BCUT2D eigenvalue weighted by Crippen LogP contribution is 2.25. The molecule has 0 amide bonds. The fraction of sp³-hybridized carbons (Fsp3) is 0.308. The van der Waals surface area contributed by atoms with Gasteiger partial charge in [0.05, 0.1) is 5.69 Å². The van der Waals surface area contributed by atoms with Crippen LogP contribution in [0.25, 0.3) is 0 Å². The van der Waals surface area contributed by atoms with Crippen LogP contribution < -0.4 is 5.73 Å². The van der Waals surface area contributed by atoms with Crippen LogP contribution in [0.4, 0.5) is 4.39 Å².